The Labute approximate surface area is 161 Å². The number of rotatable bonds is 6. The summed E-state index contributed by atoms with van der Waals surface area (Å²) in [6.45, 7) is 2.14. The number of methoxy groups -OCH3 is 1. The molecular weight excluding hydrogens is 364 g/mol. The monoisotopic (exact) mass is 386 g/mol. The maximum atomic E-state index is 12.2. The smallest absolute Gasteiger partial charge is 0.249 e. The van der Waals surface area contributed by atoms with Crippen LogP contribution in [0, 0.1) is 0 Å². The van der Waals surface area contributed by atoms with Crippen molar-refractivity contribution in [3.63, 3.8) is 0 Å². The molecule has 3 aromatic rings. The lowest BCUT2D eigenvalue weighted by Gasteiger charge is -2.02. The fraction of sp³-hybridized carbons (Fsp3) is 0.300. The first-order valence-electron chi connectivity index (χ1n) is 8.53. The zero-order valence-corrected chi connectivity index (χ0v) is 16.8. The van der Waals surface area contributed by atoms with Crippen LogP contribution in [0.3, 0.4) is 0 Å². The largest absolute Gasteiger partial charge is 0.497 e. The van der Waals surface area contributed by atoms with E-state index in [0.717, 1.165) is 27.4 Å². The summed E-state index contributed by atoms with van der Waals surface area (Å²) < 4.78 is 8.32. The van der Waals surface area contributed by atoms with Gasteiger partial charge in [0.1, 0.15) is 5.75 Å². The molecule has 0 spiro atoms. The average Bonchev–Trinajstić information content (AvgIpc) is 2.97. The average molecular weight is 387 g/mol. The van der Waals surface area contributed by atoms with Gasteiger partial charge in [-0.15, -0.1) is 11.8 Å². The van der Waals surface area contributed by atoms with Gasteiger partial charge in [-0.1, -0.05) is 24.3 Å². The number of carbonyl (C=O) groups excluding carboxylic acids is 1. The Balaban J connectivity index is 1.66. The second kappa shape index (κ2) is 8.56. The van der Waals surface area contributed by atoms with Crippen molar-refractivity contribution in [3.8, 4) is 5.75 Å². The fourth-order valence-corrected chi connectivity index (χ4v) is 4.54. The third-order valence-electron chi connectivity index (χ3n) is 4.15. The van der Waals surface area contributed by atoms with Crippen molar-refractivity contribution in [1.29, 1.82) is 0 Å². The number of thiazole rings is 1. The van der Waals surface area contributed by atoms with Gasteiger partial charge in [0.15, 0.2) is 4.80 Å². The van der Waals surface area contributed by atoms with Crippen LogP contribution in [0.15, 0.2) is 52.4 Å². The van der Waals surface area contributed by atoms with Crippen molar-refractivity contribution in [2.45, 2.75) is 24.7 Å². The molecule has 0 aliphatic heterocycles. The summed E-state index contributed by atoms with van der Waals surface area (Å²) in [5.41, 5.74) is 2.42. The van der Waals surface area contributed by atoms with Gasteiger partial charge in [0.2, 0.25) is 5.91 Å². The third-order valence-corrected chi connectivity index (χ3v) is 6.25. The molecule has 1 amide bonds. The molecule has 0 aliphatic rings. The fourth-order valence-electron chi connectivity index (χ4n) is 2.60. The lowest BCUT2D eigenvalue weighted by molar-refractivity contribution is -0.117. The van der Waals surface area contributed by atoms with Crippen molar-refractivity contribution in [3.05, 3.63) is 52.8 Å². The zero-order valence-electron chi connectivity index (χ0n) is 15.2. The number of aryl methyl sites for hydroxylation is 2. The van der Waals surface area contributed by atoms with Crippen molar-refractivity contribution in [1.82, 2.24) is 4.57 Å². The number of ether oxygens (including phenoxy) is 1. The lowest BCUT2D eigenvalue weighted by atomic mass is 10.2. The summed E-state index contributed by atoms with van der Waals surface area (Å²) in [5, 5.41) is 0. The van der Waals surface area contributed by atoms with Crippen LogP contribution in [-0.2, 0) is 18.3 Å². The van der Waals surface area contributed by atoms with Crippen LogP contribution in [0.5, 0.6) is 5.75 Å². The van der Waals surface area contributed by atoms with Gasteiger partial charge in [-0.05, 0) is 48.4 Å². The van der Waals surface area contributed by atoms with E-state index in [9.17, 15) is 4.79 Å². The molecule has 1 aromatic heterocycles. The Hall–Kier alpha value is -2.05. The molecular formula is C20H22N2O2S2. The van der Waals surface area contributed by atoms with E-state index in [1.165, 1.54) is 10.3 Å². The van der Waals surface area contributed by atoms with Crippen LogP contribution in [0.2, 0.25) is 0 Å². The van der Waals surface area contributed by atoms with E-state index in [1.54, 1.807) is 30.2 Å². The standard InChI is InChI=1S/C20H22N2O2S2/c1-4-14-5-10-17-18(13-14)26-20(22(17)2)21-19(23)11-12-25-16-8-6-15(24-3)7-9-16/h5-10,13H,4,11-12H2,1-3H3. The van der Waals surface area contributed by atoms with E-state index in [2.05, 4.69) is 30.1 Å². The Kier molecular flexibility index (Phi) is 6.16. The van der Waals surface area contributed by atoms with Gasteiger partial charge in [-0.25, -0.2) is 0 Å². The van der Waals surface area contributed by atoms with Crippen LogP contribution in [0.4, 0.5) is 0 Å². The number of thioether (sulfide) groups is 1. The maximum Gasteiger partial charge on any atom is 0.249 e. The molecule has 4 nitrogen and oxygen atoms in total. The highest BCUT2D eigenvalue weighted by molar-refractivity contribution is 7.99. The van der Waals surface area contributed by atoms with Crippen LogP contribution >= 0.6 is 23.1 Å². The molecule has 0 bridgehead atoms. The van der Waals surface area contributed by atoms with Gasteiger partial charge in [0.05, 0.1) is 17.3 Å². The van der Waals surface area contributed by atoms with Gasteiger partial charge in [0, 0.05) is 24.1 Å². The molecule has 0 saturated heterocycles. The van der Waals surface area contributed by atoms with Crippen LogP contribution < -0.4 is 9.54 Å². The van der Waals surface area contributed by atoms with E-state index in [-0.39, 0.29) is 5.91 Å². The van der Waals surface area contributed by atoms with Gasteiger partial charge in [0.25, 0.3) is 0 Å². The molecule has 0 fully saturated rings. The minimum absolute atomic E-state index is 0.0797. The molecule has 136 valence electrons. The summed E-state index contributed by atoms with van der Waals surface area (Å²) >= 11 is 3.22. The third kappa shape index (κ3) is 4.37. The number of nitrogens with zero attached hydrogens (tertiary/aromatic N) is 2. The van der Waals surface area contributed by atoms with Gasteiger partial charge in [-0.2, -0.15) is 4.99 Å². The molecule has 0 unspecified atom stereocenters. The second-order valence-electron chi connectivity index (χ2n) is 5.88. The summed E-state index contributed by atoms with van der Waals surface area (Å²) in [5.74, 6) is 1.47. The number of hydrogen-bond acceptors (Lipinski definition) is 4. The molecule has 0 atom stereocenters. The number of fused-ring (bicyclic) bond motifs is 1. The predicted octanol–water partition coefficient (Wildman–Crippen LogP) is 4.42. The quantitative estimate of drug-likeness (QED) is 0.589. The van der Waals surface area contributed by atoms with Gasteiger partial charge < -0.3 is 9.30 Å². The number of amides is 1. The highest BCUT2D eigenvalue weighted by Crippen LogP contribution is 2.22. The maximum absolute atomic E-state index is 12.2. The van der Waals surface area contributed by atoms with Crippen LogP contribution in [-0.4, -0.2) is 23.3 Å². The molecule has 0 N–H and O–H groups in total. The van der Waals surface area contributed by atoms with E-state index >= 15 is 0 Å². The zero-order chi connectivity index (χ0) is 18.5. The first-order valence-corrected chi connectivity index (χ1v) is 10.3. The minimum atomic E-state index is -0.0797. The summed E-state index contributed by atoms with van der Waals surface area (Å²) in [6, 6.07) is 14.3. The number of carbonyl (C=O) groups is 1. The molecule has 3 rings (SSSR count). The highest BCUT2D eigenvalue weighted by atomic mass is 32.2. The normalized spacial score (nSPS) is 11.9. The predicted molar refractivity (Wildman–Crippen MR) is 109 cm³/mol. The van der Waals surface area contributed by atoms with Crippen LogP contribution in [0.25, 0.3) is 10.2 Å². The van der Waals surface area contributed by atoms with Crippen molar-refractivity contribution in [2.75, 3.05) is 12.9 Å². The highest BCUT2D eigenvalue weighted by Gasteiger charge is 2.06. The SMILES string of the molecule is CCc1ccc2c(c1)sc(=NC(=O)CCSc1ccc(OC)cc1)n2C. The van der Waals surface area contributed by atoms with E-state index < -0.39 is 0 Å². The number of benzene rings is 2. The van der Waals surface area contributed by atoms with Crippen molar-refractivity contribution >= 4 is 39.2 Å². The van der Waals surface area contributed by atoms with Gasteiger partial charge in [-0.3, -0.25) is 4.79 Å². The van der Waals surface area contributed by atoms with E-state index in [4.69, 9.17) is 4.74 Å². The lowest BCUT2D eigenvalue weighted by Crippen LogP contribution is -2.13. The summed E-state index contributed by atoms with van der Waals surface area (Å²) in [6.07, 6.45) is 1.43. The Morgan fingerprint density at radius 3 is 2.69 bits per heavy atom. The molecule has 2 aromatic carbocycles. The first-order chi connectivity index (χ1) is 12.6. The summed E-state index contributed by atoms with van der Waals surface area (Å²) in [4.78, 5) is 18.4. The Morgan fingerprint density at radius 1 is 1.23 bits per heavy atom. The topological polar surface area (TPSA) is 43.6 Å². The van der Waals surface area contributed by atoms with Crippen molar-refractivity contribution < 1.29 is 9.53 Å². The number of aromatic nitrogens is 1. The minimum Gasteiger partial charge on any atom is -0.497 e. The van der Waals surface area contributed by atoms with Crippen molar-refractivity contribution in [2.24, 2.45) is 12.0 Å². The molecule has 1 heterocycles. The molecule has 0 aliphatic carbocycles. The summed E-state index contributed by atoms with van der Waals surface area (Å²) in [7, 11) is 3.61. The van der Waals surface area contributed by atoms with E-state index in [0.29, 0.717) is 12.2 Å². The molecule has 6 heteroatoms. The van der Waals surface area contributed by atoms with Gasteiger partial charge >= 0.3 is 0 Å². The first kappa shape index (κ1) is 18.7. The molecule has 0 saturated carbocycles. The number of hydrogen-bond donors (Lipinski definition) is 0. The molecule has 0 radical (unpaired) electrons. The van der Waals surface area contributed by atoms with E-state index in [1.807, 2.05) is 35.9 Å². The Bertz CT molecular complexity index is 972. The van der Waals surface area contributed by atoms with Crippen LogP contribution in [0.1, 0.15) is 18.9 Å². The Morgan fingerprint density at radius 2 is 2.00 bits per heavy atom. The molecule has 26 heavy (non-hydrogen) atoms. The second-order valence-corrected chi connectivity index (χ2v) is 8.06.